The summed E-state index contributed by atoms with van der Waals surface area (Å²) < 4.78 is 11.9. The fraction of sp³-hybridized carbons (Fsp3) is 0.500. The molecule has 1 aliphatic heterocycles. The van der Waals surface area contributed by atoms with E-state index in [1.807, 2.05) is 18.7 Å². The lowest BCUT2D eigenvalue weighted by Gasteiger charge is -2.36. The lowest BCUT2D eigenvalue weighted by Crippen LogP contribution is -2.49. The molecule has 2 heterocycles. The minimum Gasteiger partial charge on any atom is -0.491 e. The van der Waals surface area contributed by atoms with Crippen LogP contribution in [0.2, 0.25) is 0 Å². The van der Waals surface area contributed by atoms with E-state index < -0.39 is 5.91 Å². The number of fused-ring (bicyclic) bond motifs is 1. The summed E-state index contributed by atoms with van der Waals surface area (Å²) in [7, 11) is 3.35. The number of carbonyl (C=O) groups excluding carboxylic acids is 3. The van der Waals surface area contributed by atoms with Gasteiger partial charge in [-0.1, -0.05) is 6.92 Å². The molecule has 36 heavy (non-hydrogen) atoms. The average molecular weight is 496 g/mol. The highest BCUT2D eigenvalue weighted by Gasteiger charge is 2.37. The van der Waals surface area contributed by atoms with Gasteiger partial charge in [-0.15, -0.1) is 0 Å². The molecule has 4 rings (SSSR count). The van der Waals surface area contributed by atoms with Gasteiger partial charge in [0.2, 0.25) is 5.91 Å². The maximum absolute atomic E-state index is 13.3. The van der Waals surface area contributed by atoms with Crippen molar-refractivity contribution in [2.45, 2.75) is 38.8 Å². The second kappa shape index (κ2) is 11.0. The number of ether oxygens (including phenoxy) is 2. The first-order chi connectivity index (χ1) is 17.3. The number of hydrogen-bond acceptors (Lipinski definition) is 7. The first kappa shape index (κ1) is 25.6. The Bertz CT molecular complexity index is 1110. The Morgan fingerprint density at radius 2 is 1.94 bits per heavy atom. The Kier molecular flexibility index (Phi) is 7.83. The summed E-state index contributed by atoms with van der Waals surface area (Å²) in [5.41, 5.74) is 0.990. The molecule has 0 bridgehead atoms. The van der Waals surface area contributed by atoms with E-state index in [1.54, 1.807) is 37.3 Å². The summed E-state index contributed by atoms with van der Waals surface area (Å²) in [6.45, 7) is 5.07. The van der Waals surface area contributed by atoms with E-state index in [1.165, 1.54) is 18.6 Å². The summed E-state index contributed by atoms with van der Waals surface area (Å²) in [6.07, 6.45) is 5.89. The molecule has 2 aliphatic rings. The quantitative estimate of drug-likeness (QED) is 0.693. The molecule has 0 spiro atoms. The highest BCUT2D eigenvalue weighted by Crippen LogP contribution is 2.33. The van der Waals surface area contributed by atoms with Crippen molar-refractivity contribution in [3.05, 3.63) is 48.0 Å². The van der Waals surface area contributed by atoms with Gasteiger partial charge < -0.3 is 24.6 Å². The normalized spacial score (nSPS) is 23.1. The van der Waals surface area contributed by atoms with E-state index >= 15 is 0 Å². The van der Waals surface area contributed by atoms with Gasteiger partial charge in [0.25, 0.3) is 11.8 Å². The highest BCUT2D eigenvalue weighted by molar-refractivity contribution is 6.03. The molecule has 1 aromatic heterocycles. The molecule has 1 aromatic carbocycles. The number of nitrogens with zero attached hydrogens (tertiary/aromatic N) is 4. The average Bonchev–Trinajstić information content (AvgIpc) is 3.73. The molecular weight excluding hydrogens is 462 g/mol. The van der Waals surface area contributed by atoms with Crippen LogP contribution < -0.4 is 10.1 Å². The van der Waals surface area contributed by atoms with Crippen molar-refractivity contribution >= 4 is 23.4 Å². The molecule has 2 aromatic rings. The second-order valence-electron chi connectivity index (χ2n) is 9.62. The fourth-order valence-corrected chi connectivity index (χ4v) is 4.33. The summed E-state index contributed by atoms with van der Waals surface area (Å²) >= 11 is 0. The van der Waals surface area contributed by atoms with Gasteiger partial charge in [0, 0.05) is 63.2 Å². The van der Waals surface area contributed by atoms with Crippen molar-refractivity contribution in [2.75, 3.05) is 39.2 Å². The van der Waals surface area contributed by atoms with E-state index in [0.717, 1.165) is 12.8 Å². The van der Waals surface area contributed by atoms with Crippen molar-refractivity contribution in [2.24, 2.45) is 11.8 Å². The maximum Gasteiger partial charge on any atom is 0.275 e. The minimum atomic E-state index is -0.425. The SMILES string of the molecule is CO[C@@H]1CN(C)C(=O)c2ccc(NC(=O)c3cnccn3)cc2OC[C@H](C)N(C(=O)C2CC2)C[C@@H]1C. The Morgan fingerprint density at radius 3 is 2.61 bits per heavy atom. The third-order valence-electron chi connectivity index (χ3n) is 6.71. The second-order valence-corrected chi connectivity index (χ2v) is 9.62. The van der Waals surface area contributed by atoms with Gasteiger partial charge in [-0.05, 0) is 31.9 Å². The van der Waals surface area contributed by atoms with E-state index in [4.69, 9.17) is 9.47 Å². The van der Waals surface area contributed by atoms with Gasteiger partial charge in [-0.25, -0.2) is 4.98 Å². The molecule has 3 amide bonds. The number of amides is 3. The number of aromatic nitrogens is 2. The Hall–Kier alpha value is -3.53. The van der Waals surface area contributed by atoms with E-state index in [-0.39, 0.29) is 48.1 Å². The lowest BCUT2D eigenvalue weighted by molar-refractivity contribution is -0.136. The van der Waals surface area contributed by atoms with Crippen molar-refractivity contribution < 1.29 is 23.9 Å². The molecule has 10 nitrogen and oxygen atoms in total. The number of benzene rings is 1. The van der Waals surface area contributed by atoms with Crippen LogP contribution >= 0.6 is 0 Å². The molecule has 3 atom stereocenters. The van der Waals surface area contributed by atoms with Crippen LogP contribution in [0.3, 0.4) is 0 Å². The van der Waals surface area contributed by atoms with Crippen LogP contribution in [0.5, 0.6) is 5.75 Å². The van der Waals surface area contributed by atoms with Crippen molar-refractivity contribution in [1.29, 1.82) is 0 Å². The number of nitrogens with one attached hydrogen (secondary N) is 1. The van der Waals surface area contributed by atoms with Gasteiger partial charge in [0.15, 0.2) is 0 Å². The topological polar surface area (TPSA) is 114 Å². The summed E-state index contributed by atoms with van der Waals surface area (Å²) in [6, 6.07) is 4.69. The molecule has 1 fully saturated rings. The number of hydrogen-bond donors (Lipinski definition) is 1. The molecule has 0 radical (unpaired) electrons. The smallest absolute Gasteiger partial charge is 0.275 e. The van der Waals surface area contributed by atoms with Gasteiger partial charge >= 0.3 is 0 Å². The number of rotatable bonds is 4. The molecule has 10 heteroatoms. The number of likely N-dealkylation sites (N-methyl/N-ethyl adjacent to an activating group) is 1. The molecule has 192 valence electrons. The van der Waals surface area contributed by atoms with Gasteiger partial charge in [0.05, 0.1) is 23.9 Å². The standard InChI is InChI=1S/C26H33N5O5/c1-16-13-31(25(33)18-5-6-18)17(2)15-36-22-11-19(29-24(32)21-12-27-9-10-28-21)7-8-20(22)26(34)30(3)14-23(16)35-4/h7-12,16-18,23H,5-6,13-15H2,1-4H3,(H,29,32)/t16-,17-,23+/m0/s1. The zero-order valence-electron chi connectivity index (χ0n) is 21.1. The van der Waals surface area contributed by atoms with Crippen LogP contribution in [-0.4, -0.2) is 83.5 Å². The van der Waals surface area contributed by atoms with Crippen LogP contribution in [0.4, 0.5) is 5.69 Å². The van der Waals surface area contributed by atoms with Crippen molar-refractivity contribution in [1.82, 2.24) is 19.8 Å². The number of anilines is 1. The first-order valence-electron chi connectivity index (χ1n) is 12.2. The van der Waals surface area contributed by atoms with Gasteiger partial charge in [-0.2, -0.15) is 0 Å². The van der Waals surface area contributed by atoms with Crippen molar-refractivity contribution in [3.63, 3.8) is 0 Å². The monoisotopic (exact) mass is 495 g/mol. The first-order valence-corrected chi connectivity index (χ1v) is 12.2. The molecule has 1 aliphatic carbocycles. The van der Waals surface area contributed by atoms with E-state index in [2.05, 4.69) is 15.3 Å². The predicted octanol–water partition coefficient (Wildman–Crippen LogP) is 2.47. The van der Waals surface area contributed by atoms with Crippen LogP contribution in [0.1, 0.15) is 47.5 Å². The number of methoxy groups -OCH3 is 1. The van der Waals surface area contributed by atoms with Crippen LogP contribution in [0.25, 0.3) is 0 Å². The van der Waals surface area contributed by atoms with Gasteiger partial charge in [-0.3, -0.25) is 19.4 Å². The van der Waals surface area contributed by atoms with E-state index in [0.29, 0.717) is 30.1 Å². The summed E-state index contributed by atoms with van der Waals surface area (Å²) in [4.78, 5) is 50.4. The number of carbonyl (C=O) groups is 3. The van der Waals surface area contributed by atoms with Gasteiger partial charge in [0.1, 0.15) is 18.1 Å². The van der Waals surface area contributed by atoms with Crippen molar-refractivity contribution in [3.8, 4) is 5.75 Å². The highest BCUT2D eigenvalue weighted by atomic mass is 16.5. The molecule has 1 N–H and O–H groups in total. The Balaban J connectivity index is 1.63. The summed E-state index contributed by atoms with van der Waals surface area (Å²) in [5, 5.41) is 2.77. The van der Waals surface area contributed by atoms with Crippen LogP contribution in [0.15, 0.2) is 36.8 Å². The summed E-state index contributed by atoms with van der Waals surface area (Å²) in [5.74, 6) is -0.0751. The molecular formula is C26H33N5O5. The Morgan fingerprint density at radius 1 is 1.17 bits per heavy atom. The lowest BCUT2D eigenvalue weighted by atomic mass is 10.0. The third kappa shape index (κ3) is 5.81. The molecule has 0 saturated heterocycles. The van der Waals surface area contributed by atoms with Crippen LogP contribution in [-0.2, 0) is 9.53 Å². The zero-order valence-corrected chi connectivity index (χ0v) is 21.1. The largest absolute Gasteiger partial charge is 0.491 e. The third-order valence-corrected chi connectivity index (χ3v) is 6.71. The Labute approximate surface area is 211 Å². The fourth-order valence-electron chi connectivity index (χ4n) is 4.33. The zero-order chi connectivity index (χ0) is 25.8. The van der Waals surface area contributed by atoms with E-state index in [9.17, 15) is 14.4 Å². The minimum absolute atomic E-state index is 0.0213. The molecule has 0 unspecified atom stereocenters. The molecule has 1 saturated carbocycles. The van der Waals surface area contributed by atoms with Crippen LogP contribution in [0, 0.1) is 11.8 Å². The maximum atomic E-state index is 13.3. The predicted molar refractivity (Wildman–Crippen MR) is 133 cm³/mol.